The van der Waals surface area contributed by atoms with Gasteiger partial charge in [0.15, 0.2) is 0 Å². The Kier molecular flexibility index (Phi) is 2.24. The Morgan fingerprint density at radius 1 is 1.00 bits per heavy atom. The lowest BCUT2D eigenvalue weighted by Gasteiger charge is -2.27. The van der Waals surface area contributed by atoms with Gasteiger partial charge >= 0.3 is 0 Å². The number of aromatic nitrogens is 1. The number of hydrogen-bond acceptors (Lipinski definition) is 3. The average molecular weight is 247 g/mol. The Hall–Kier alpha value is -2.42. The highest BCUT2D eigenvalue weighted by Crippen LogP contribution is 2.44. The van der Waals surface area contributed by atoms with E-state index in [1.807, 2.05) is 30.7 Å². The largest absolute Gasteiger partial charge is 0.330 e. The molecule has 0 N–H and O–H groups in total. The molecule has 2 aliphatic heterocycles. The van der Waals surface area contributed by atoms with Crippen molar-refractivity contribution < 1.29 is 0 Å². The maximum Gasteiger partial charge on any atom is 0.0813 e. The fourth-order valence-corrected chi connectivity index (χ4v) is 2.90. The number of hydrogen-bond donors (Lipinski definition) is 0. The molecule has 3 heteroatoms. The zero-order chi connectivity index (χ0) is 12.7. The monoisotopic (exact) mass is 247 g/mol. The van der Waals surface area contributed by atoms with Gasteiger partial charge in [0, 0.05) is 30.2 Å². The van der Waals surface area contributed by atoms with Crippen molar-refractivity contribution in [1.82, 2.24) is 4.98 Å². The van der Waals surface area contributed by atoms with Crippen LogP contribution in [-0.4, -0.2) is 17.2 Å². The van der Waals surface area contributed by atoms with Gasteiger partial charge in [-0.1, -0.05) is 24.3 Å². The molecular formula is C16H13N3. The zero-order valence-corrected chi connectivity index (χ0v) is 10.3. The maximum absolute atomic E-state index is 4.56. The Balaban J connectivity index is 1.91. The Labute approximate surface area is 111 Å². The van der Waals surface area contributed by atoms with Gasteiger partial charge in [-0.3, -0.25) is 9.98 Å². The van der Waals surface area contributed by atoms with Crippen LogP contribution in [0.3, 0.4) is 0 Å². The van der Waals surface area contributed by atoms with Crippen LogP contribution in [0, 0.1) is 0 Å². The Morgan fingerprint density at radius 2 is 1.89 bits per heavy atom. The molecule has 0 saturated heterocycles. The van der Waals surface area contributed by atoms with E-state index < -0.39 is 0 Å². The lowest BCUT2D eigenvalue weighted by atomic mass is 9.98. The van der Waals surface area contributed by atoms with E-state index in [4.69, 9.17) is 0 Å². The second kappa shape index (κ2) is 4.05. The summed E-state index contributed by atoms with van der Waals surface area (Å²) in [5.41, 5.74) is 3.51. The molecule has 0 amide bonds. The van der Waals surface area contributed by atoms with E-state index in [0.717, 1.165) is 5.69 Å². The van der Waals surface area contributed by atoms with Crippen molar-refractivity contribution in [2.75, 3.05) is 4.90 Å². The van der Waals surface area contributed by atoms with Gasteiger partial charge in [0.2, 0.25) is 0 Å². The minimum Gasteiger partial charge on any atom is -0.330 e. The molecule has 0 saturated carbocycles. The number of rotatable bonds is 1. The van der Waals surface area contributed by atoms with Gasteiger partial charge < -0.3 is 4.90 Å². The second-order valence-corrected chi connectivity index (χ2v) is 4.77. The van der Waals surface area contributed by atoms with Crippen LogP contribution in [0.1, 0.15) is 11.6 Å². The fourth-order valence-electron chi connectivity index (χ4n) is 2.90. The number of para-hydroxylation sites is 1. The minimum atomic E-state index is 0.234. The fraction of sp³-hybridized carbons (Fsp3) is 0.125. The van der Waals surface area contributed by atoms with Crippen LogP contribution in [0.4, 0.5) is 11.4 Å². The molecule has 0 radical (unpaired) electrons. The standard InChI is InChI=1S/C16H13N3/c1-2-5-12(6-3-1)19-14-7-4-9-18-16(14)13-8-10-17-11-15(13)19/h1-11,13,15H. The smallest absolute Gasteiger partial charge is 0.0813 e. The van der Waals surface area contributed by atoms with Gasteiger partial charge in [-0.05, 0) is 24.3 Å². The van der Waals surface area contributed by atoms with E-state index in [9.17, 15) is 0 Å². The van der Waals surface area contributed by atoms with Crippen molar-refractivity contribution in [2.24, 2.45) is 4.99 Å². The molecule has 3 nitrogen and oxygen atoms in total. The minimum absolute atomic E-state index is 0.234. The number of nitrogens with zero attached hydrogens (tertiary/aromatic N) is 3. The first-order valence-corrected chi connectivity index (χ1v) is 6.44. The number of benzene rings is 1. The maximum atomic E-state index is 4.56. The molecule has 92 valence electrons. The summed E-state index contributed by atoms with van der Waals surface area (Å²) in [5.74, 6) is 0.300. The summed E-state index contributed by atoms with van der Waals surface area (Å²) in [6, 6.07) is 14.8. The highest BCUT2D eigenvalue weighted by molar-refractivity contribution is 5.85. The van der Waals surface area contributed by atoms with Crippen LogP contribution in [0.5, 0.6) is 0 Å². The van der Waals surface area contributed by atoms with Gasteiger partial charge in [-0.2, -0.15) is 0 Å². The average Bonchev–Trinajstić information content (AvgIpc) is 2.83. The molecule has 2 atom stereocenters. The molecule has 0 aliphatic carbocycles. The third-order valence-corrected chi connectivity index (χ3v) is 3.71. The summed E-state index contributed by atoms with van der Waals surface area (Å²) in [4.78, 5) is 11.2. The van der Waals surface area contributed by atoms with Crippen molar-refractivity contribution in [1.29, 1.82) is 0 Å². The van der Waals surface area contributed by atoms with Gasteiger partial charge in [0.25, 0.3) is 0 Å². The third kappa shape index (κ3) is 1.51. The zero-order valence-electron chi connectivity index (χ0n) is 10.3. The Bertz CT molecular complexity index is 661. The molecule has 4 rings (SSSR count). The second-order valence-electron chi connectivity index (χ2n) is 4.77. The first kappa shape index (κ1) is 10.5. The normalized spacial score (nSPS) is 23.3. The van der Waals surface area contributed by atoms with Gasteiger partial charge in [0.1, 0.15) is 0 Å². The summed E-state index contributed by atoms with van der Waals surface area (Å²) in [7, 11) is 0. The number of anilines is 2. The summed E-state index contributed by atoms with van der Waals surface area (Å²) in [6.45, 7) is 0. The SMILES string of the molecule is C1=CC2c3ncccc3N(c3ccccc3)C2C=N1. The predicted octanol–water partition coefficient (Wildman–Crippen LogP) is 3.28. The lowest BCUT2D eigenvalue weighted by Crippen LogP contribution is -2.32. The molecule has 0 bridgehead atoms. The van der Waals surface area contributed by atoms with Gasteiger partial charge in [-0.15, -0.1) is 0 Å². The molecule has 1 aromatic heterocycles. The van der Waals surface area contributed by atoms with Crippen LogP contribution in [0.25, 0.3) is 0 Å². The van der Waals surface area contributed by atoms with Crippen molar-refractivity contribution in [3.63, 3.8) is 0 Å². The van der Waals surface area contributed by atoms with Crippen LogP contribution in [-0.2, 0) is 0 Å². The first-order chi connectivity index (χ1) is 9.45. The number of fused-ring (bicyclic) bond motifs is 3. The van der Waals surface area contributed by atoms with Crippen LogP contribution >= 0.6 is 0 Å². The predicted molar refractivity (Wildman–Crippen MR) is 77.0 cm³/mol. The molecule has 2 aromatic rings. The molecule has 1 aromatic carbocycles. The van der Waals surface area contributed by atoms with Gasteiger partial charge in [-0.25, -0.2) is 0 Å². The molecule has 0 fully saturated rings. The van der Waals surface area contributed by atoms with Crippen molar-refractivity contribution in [3.8, 4) is 0 Å². The van der Waals surface area contributed by atoms with E-state index in [0.29, 0.717) is 5.92 Å². The number of pyridine rings is 1. The quantitative estimate of drug-likeness (QED) is 0.773. The van der Waals surface area contributed by atoms with Crippen molar-refractivity contribution in [3.05, 3.63) is 66.6 Å². The molecular weight excluding hydrogens is 234 g/mol. The summed E-state index contributed by atoms with van der Waals surface area (Å²) < 4.78 is 0. The highest BCUT2D eigenvalue weighted by Gasteiger charge is 2.38. The lowest BCUT2D eigenvalue weighted by molar-refractivity contribution is 0.772. The van der Waals surface area contributed by atoms with Crippen molar-refractivity contribution >= 4 is 17.6 Å². The van der Waals surface area contributed by atoms with E-state index in [1.165, 1.54) is 11.4 Å². The van der Waals surface area contributed by atoms with E-state index in [2.05, 4.69) is 51.3 Å². The third-order valence-electron chi connectivity index (χ3n) is 3.71. The summed E-state index contributed by atoms with van der Waals surface area (Å²) in [5, 5.41) is 0. The van der Waals surface area contributed by atoms with Crippen molar-refractivity contribution in [2.45, 2.75) is 12.0 Å². The molecule has 2 unspecified atom stereocenters. The molecule has 19 heavy (non-hydrogen) atoms. The molecule has 3 heterocycles. The highest BCUT2D eigenvalue weighted by atomic mass is 15.2. The Morgan fingerprint density at radius 3 is 2.79 bits per heavy atom. The summed E-state index contributed by atoms with van der Waals surface area (Å²) >= 11 is 0. The molecule has 2 aliphatic rings. The van der Waals surface area contributed by atoms with Crippen LogP contribution in [0.15, 0.2) is 65.9 Å². The van der Waals surface area contributed by atoms with E-state index in [-0.39, 0.29) is 6.04 Å². The first-order valence-electron chi connectivity index (χ1n) is 6.44. The van der Waals surface area contributed by atoms with E-state index >= 15 is 0 Å². The summed E-state index contributed by atoms with van der Waals surface area (Å²) in [6.07, 6.45) is 7.89. The van der Waals surface area contributed by atoms with Gasteiger partial charge in [0.05, 0.1) is 17.4 Å². The van der Waals surface area contributed by atoms with Crippen LogP contribution < -0.4 is 4.90 Å². The number of aliphatic imine (C=N–C) groups is 1. The van der Waals surface area contributed by atoms with Crippen LogP contribution in [0.2, 0.25) is 0 Å². The molecule has 0 spiro atoms. The van der Waals surface area contributed by atoms with E-state index in [1.54, 1.807) is 0 Å². The topological polar surface area (TPSA) is 28.5 Å².